The number of nitrogens with two attached hydrogens (primary N) is 1. The van der Waals surface area contributed by atoms with E-state index in [0.29, 0.717) is 17.3 Å². The van der Waals surface area contributed by atoms with Gasteiger partial charge in [0.15, 0.2) is 0 Å². The van der Waals surface area contributed by atoms with Crippen molar-refractivity contribution in [3.8, 4) is 0 Å². The average molecular weight is 267 g/mol. The summed E-state index contributed by atoms with van der Waals surface area (Å²) in [5.41, 5.74) is 6.36. The third-order valence-corrected chi connectivity index (χ3v) is 3.02. The van der Waals surface area contributed by atoms with Crippen LogP contribution in [0.1, 0.15) is 20.3 Å². The van der Waals surface area contributed by atoms with Crippen LogP contribution in [0.2, 0.25) is 0 Å². The van der Waals surface area contributed by atoms with Crippen molar-refractivity contribution in [2.75, 3.05) is 31.2 Å². The van der Waals surface area contributed by atoms with Crippen LogP contribution in [0, 0.1) is 11.7 Å². The van der Waals surface area contributed by atoms with Gasteiger partial charge in [-0.1, -0.05) is 20.3 Å². The van der Waals surface area contributed by atoms with Crippen molar-refractivity contribution in [3.05, 3.63) is 24.0 Å². The lowest BCUT2D eigenvalue weighted by Crippen LogP contribution is -2.33. The number of rotatable bonds is 6. The number of nitrogens with one attached hydrogen (secondary N) is 1. The first kappa shape index (κ1) is 15.4. The number of carbonyl (C=O) groups excluding carboxylic acids is 1. The van der Waals surface area contributed by atoms with E-state index in [0.717, 1.165) is 13.0 Å². The number of likely N-dealkylation sites (N-methyl/N-ethyl adjacent to an activating group) is 1. The molecule has 1 unspecified atom stereocenters. The van der Waals surface area contributed by atoms with Crippen LogP contribution in [0.4, 0.5) is 15.8 Å². The molecule has 5 heteroatoms. The van der Waals surface area contributed by atoms with E-state index in [2.05, 4.69) is 19.2 Å². The monoisotopic (exact) mass is 267 g/mol. The van der Waals surface area contributed by atoms with E-state index in [4.69, 9.17) is 5.73 Å². The zero-order valence-corrected chi connectivity index (χ0v) is 11.7. The van der Waals surface area contributed by atoms with Gasteiger partial charge in [-0.3, -0.25) is 9.69 Å². The summed E-state index contributed by atoms with van der Waals surface area (Å²) in [7, 11) is 1.89. The number of hydrogen-bond donors (Lipinski definition) is 2. The molecule has 0 aromatic heterocycles. The lowest BCUT2D eigenvalue weighted by Gasteiger charge is -2.20. The Kier molecular flexibility index (Phi) is 5.76. The molecule has 19 heavy (non-hydrogen) atoms. The highest BCUT2D eigenvalue weighted by molar-refractivity contribution is 5.95. The molecular weight excluding hydrogens is 245 g/mol. The van der Waals surface area contributed by atoms with E-state index in [1.807, 2.05) is 11.9 Å². The predicted octanol–water partition coefficient (Wildman–Crippen LogP) is 2.32. The molecule has 0 spiro atoms. The zero-order chi connectivity index (χ0) is 14.4. The van der Waals surface area contributed by atoms with Gasteiger partial charge < -0.3 is 11.1 Å². The highest BCUT2D eigenvalue weighted by atomic mass is 19.1. The summed E-state index contributed by atoms with van der Waals surface area (Å²) in [6.07, 6.45) is 1.07. The average Bonchev–Trinajstić information content (AvgIpc) is 2.33. The van der Waals surface area contributed by atoms with Gasteiger partial charge >= 0.3 is 0 Å². The van der Waals surface area contributed by atoms with Crippen molar-refractivity contribution in [1.29, 1.82) is 0 Å². The molecule has 3 N–H and O–H groups in total. The summed E-state index contributed by atoms with van der Waals surface area (Å²) in [5, 5.41) is 2.63. The van der Waals surface area contributed by atoms with Gasteiger partial charge in [0.1, 0.15) is 5.82 Å². The zero-order valence-electron chi connectivity index (χ0n) is 11.7. The first-order valence-electron chi connectivity index (χ1n) is 6.45. The van der Waals surface area contributed by atoms with Crippen LogP contribution in [0.3, 0.4) is 0 Å². The van der Waals surface area contributed by atoms with Crippen LogP contribution in [-0.2, 0) is 4.79 Å². The van der Waals surface area contributed by atoms with E-state index < -0.39 is 5.82 Å². The van der Waals surface area contributed by atoms with Crippen LogP contribution in [0.25, 0.3) is 0 Å². The first-order chi connectivity index (χ1) is 8.92. The van der Waals surface area contributed by atoms with E-state index in [9.17, 15) is 9.18 Å². The fourth-order valence-electron chi connectivity index (χ4n) is 1.80. The molecule has 1 atom stereocenters. The van der Waals surface area contributed by atoms with E-state index >= 15 is 0 Å². The Balaban J connectivity index is 2.53. The SMILES string of the molecule is CCC(C)CN(C)CC(=O)Nc1cc(F)ccc1N. The fraction of sp³-hybridized carbons (Fsp3) is 0.500. The summed E-state index contributed by atoms with van der Waals surface area (Å²) < 4.78 is 13.1. The molecule has 0 aliphatic rings. The minimum Gasteiger partial charge on any atom is -0.397 e. The number of benzene rings is 1. The van der Waals surface area contributed by atoms with Crippen molar-refractivity contribution in [2.24, 2.45) is 5.92 Å². The second-order valence-corrected chi connectivity index (χ2v) is 4.99. The summed E-state index contributed by atoms with van der Waals surface area (Å²) in [4.78, 5) is 13.8. The van der Waals surface area contributed by atoms with Gasteiger partial charge in [-0.2, -0.15) is 0 Å². The number of nitrogens with zero attached hydrogens (tertiary/aromatic N) is 1. The lowest BCUT2D eigenvalue weighted by atomic mass is 10.1. The molecule has 0 radical (unpaired) electrons. The van der Waals surface area contributed by atoms with Crippen molar-refractivity contribution in [3.63, 3.8) is 0 Å². The summed E-state index contributed by atoms with van der Waals surface area (Å²) in [6, 6.07) is 3.93. The summed E-state index contributed by atoms with van der Waals surface area (Å²) in [5.74, 6) is -0.0717. The lowest BCUT2D eigenvalue weighted by molar-refractivity contribution is -0.117. The number of halogens is 1. The minimum atomic E-state index is -0.419. The molecule has 0 saturated heterocycles. The highest BCUT2D eigenvalue weighted by Gasteiger charge is 2.11. The van der Waals surface area contributed by atoms with Gasteiger partial charge in [0, 0.05) is 6.54 Å². The van der Waals surface area contributed by atoms with Gasteiger partial charge in [0.2, 0.25) is 5.91 Å². The first-order valence-corrected chi connectivity index (χ1v) is 6.45. The molecule has 1 rings (SSSR count). The number of anilines is 2. The third-order valence-electron chi connectivity index (χ3n) is 3.02. The van der Waals surface area contributed by atoms with E-state index in [1.165, 1.54) is 18.2 Å². The molecule has 0 heterocycles. The second kappa shape index (κ2) is 7.09. The maximum absolute atomic E-state index is 13.1. The maximum atomic E-state index is 13.1. The van der Waals surface area contributed by atoms with Crippen LogP contribution < -0.4 is 11.1 Å². The summed E-state index contributed by atoms with van der Waals surface area (Å²) in [6.45, 7) is 5.37. The van der Waals surface area contributed by atoms with Crippen molar-refractivity contribution >= 4 is 17.3 Å². The molecule has 106 valence electrons. The molecular formula is C14H22FN3O. The number of hydrogen-bond acceptors (Lipinski definition) is 3. The molecule has 4 nitrogen and oxygen atoms in total. The molecule has 0 fully saturated rings. The highest BCUT2D eigenvalue weighted by Crippen LogP contribution is 2.19. The molecule has 0 aliphatic carbocycles. The van der Waals surface area contributed by atoms with Crippen molar-refractivity contribution < 1.29 is 9.18 Å². The maximum Gasteiger partial charge on any atom is 0.238 e. The Morgan fingerprint density at radius 2 is 2.21 bits per heavy atom. The Bertz CT molecular complexity index is 437. The Labute approximate surface area is 113 Å². The van der Waals surface area contributed by atoms with Gasteiger partial charge in [-0.15, -0.1) is 0 Å². The van der Waals surface area contributed by atoms with Gasteiger partial charge in [0.05, 0.1) is 17.9 Å². The van der Waals surface area contributed by atoms with Crippen LogP contribution in [0.15, 0.2) is 18.2 Å². The normalized spacial score (nSPS) is 12.5. The number of carbonyl (C=O) groups is 1. The molecule has 0 bridgehead atoms. The Morgan fingerprint density at radius 1 is 1.53 bits per heavy atom. The Hall–Kier alpha value is -1.62. The number of nitrogen functional groups attached to an aromatic ring is 1. The minimum absolute atomic E-state index is 0.192. The molecule has 1 amide bonds. The van der Waals surface area contributed by atoms with E-state index in [-0.39, 0.29) is 12.5 Å². The van der Waals surface area contributed by atoms with Gasteiger partial charge in [0.25, 0.3) is 0 Å². The molecule has 0 aliphatic heterocycles. The van der Waals surface area contributed by atoms with Crippen molar-refractivity contribution in [1.82, 2.24) is 4.90 Å². The quantitative estimate of drug-likeness (QED) is 0.778. The second-order valence-electron chi connectivity index (χ2n) is 4.99. The van der Waals surface area contributed by atoms with Crippen LogP contribution in [0.5, 0.6) is 0 Å². The predicted molar refractivity (Wildman–Crippen MR) is 76.4 cm³/mol. The Morgan fingerprint density at radius 3 is 2.84 bits per heavy atom. The molecule has 0 saturated carbocycles. The van der Waals surface area contributed by atoms with E-state index in [1.54, 1.807) is 0 Å². The van der Waals surface area contributed by atoms with Crippen LogP contribution >= 0.6 is 0 Å². The topological polar surface area (TPSA) is 58.4 Å². The largest absolute Gasteiger partial charge is 0.397 e. The van der Waals surface area contributed by atoms with Gasteiger partial charge in [-0.05, 0) is 31.2 Å². The molecule has 1 aromatic rings. The third kappa shape index (κ3) is 5.26. The van der Waals surface area contributed by atoms with Crippen LogP contribution in [-0.4, -0.2) is 30.9 Å². The smallest absolute Gasteiger partial charge is 0.238 e. The van der Waals surface area contributed by atoms with Gasteiger partial charge in [-0.25, -0.2) is 4.39 Å². The van der Waals surface area contributed by atoms with Crippen molar-refractivity contribution in [2.45, 2.75) is 20.3 Å². The fourth-order valence-corrected chi connectivity index (χ4v) is 1.80. The summed E-state index contributed by atoms with van der Waals surface area (Å²) >= 11 is 0. The molecule has 1 aromatic carbocycles. The number of amides is 1. The standard InChI is InChI=1S/C14H22FN3O/c1-4-10(2)8-18(3)9-14(19)17-13-7-11(15)5-6-12(13)16/h5-7,10H,4,8-9,16H2,1-3H3,(H,17,19).